The van der Waals surface area contributed by atoms with Crippen LogP contribution in [0.5, 0.6) is 0 Å². The third-order valence-corrected chi connectivity index (χ3v) is 4.62. The van der Waals surface area contributed by atoms with Crippen LogP contribution in [-0.4, -0.2) is 34.2 Å². The molecule has 2 rings (SSSR count). The molecule has 0 bridgehead atoms. The smallest absolute Gasteiger partial charge is 0.0963 e. The van der Waals surface area contributed by atoms with E-state index in [4.69, 9.17) is 4.74 Å². The summed E-state index contributed by atoms with van der Waals surface area (Å²) in [6.45, 7) is 2.47. The van der Waals surface area contributed by atoms with Crippen molar-refractivity contribution in [1.82, 2.24) is 9.78 Å². The molecule has 0 aliphatic heterocycles. The van der Waals surface area contributed by atoms with Gasteiger partial charge in [-0.2, -0.15) is 5.10 Å². The van der Waals surface area contributed by atoms with Crippen LogP contribution in [0.15, 0.2) is 4.47 Å². The number of aromatic nitrogens is 2. The van der Waals surface area contributed by atoms with Gasteiger partial charge in [0, 0.05) is 20.6 Å². The number of rotatable bonds is 6. The summed E-state index contributed by atoms with van der Waals surface area (Å²) in [7, 11) is 3.57. The number of methoxy groups -OCH3 is 1. The molecule has 1 aromatic rings. The first-order valence-corrected chi connectivity index (χ1v) is 7.22. The van der Waals surface area contributed by atoms with Crippen molar-refractivity contribution in [2.24, 2.45) is 13.0 Å². The van der Waals surface area contributed by atoms with Gasteiger partial charge in [-0.05, 0) is 41.1 Å². The second-order valence-corrected chi connectivity index (χ2v) is 5.97. The van der Waals surface area contributed by atoms with E-state index in [1.54, 1.807) is 7.11 Å². The summed E-state index contributed by atoms with van der Waals surface area (Å²) >= 11 is 3.60. The minimum atomic E-state index is -0.754. The van der Waals surface area contributed by atoms with Crippen LogP contribution in [0.3, 0.4) is 0 Å². The van der Waals surface area contributed by atoms with E-state index in [2.05, 4.69) is 28.0 Å². The number of halogens is 1. The van der Waals surface area contributed by atoms with Crippen LogP contribution in [0.25, 0.3) is 0 Å². The van der Waals surface area contributed by atoms with Gasteiger partial charge in [-0.25, -0.2) is 0 Å². The van der Waals surface area contributed by atoms with Crippen molar-refractivity contribution in [3.05, 3.63) is 15.9 Å². The lowest BCUT2D eigenvalue weighted by atomic mass is 9.92. The first-order valence-electron chi connectivity index (χ1n) is 6.43. The molecule has 1 N–H and O–H groups in total. The Balaban J connectivity index is 2.23. The molecule has 1 saturated carbocycles. The van der Waals surface area contributed by atoms with Crippen molar-refractivity contribution in [2.45, 2.75) is 38.2 Å². The highest BCUT2D eigenvalue weighted by Crippen LogP contribution is 2.42. The van der Waals surface area contributed by atoms with Gasteiger partial charge in [-0.3, -0.25) is 4.68 Å². The highest BCUT2D eigenvalue weighted by molar-refractivity contribution is 9.10. The molecule has 0 amide bonds. The Morgan fingerprint density at radius 3 is 2.67 bits per heavy atom. The molecule has 0 radical (unpaired) electrons. The average molecular weight is 317 g/mol. The van der Waals surface area contributed by atoms with E-state index < -0.39 is 5.60 Å². The Morgan fingerprint density at radius 2 is 2.22 bits per heavy atom. The summed E-state index contributed by atoms with van der Waals surface area (Å²) < 4.78 is 8.10. The van der Waals surface area contributed by atoms with Crippen molar-refractivity contribution >= 4 is 15.9 Å². The number of aliphatic hydroxyl groups is 1. The lowest BCUT2D eigenvalue weighted by Crippen LogP contribution is -2.39. The summed E-state index contributed by atoms with van der Waals surface area (Å²) in [6.07, 6.45) is 3.67. The monoisotopic (exact) mass is 316 g/mol. The fourth-order valence-corrected chi connectivity index (χ4v) is 3.24. The number of hydrogen-bond acceptors (Lipinski definition) is 3. The van der Waals surface area contributed by atoms with Crippen LogP contribution in [-0.2, 0) is 24.6 Å². The molecule has 0 spiro atoms. The molecule has 1 heterocycles. The van der Waals surface area contributed by atoms with Gasteiger partial charge in [0.1, 0.15) is 0 Å². The summed E-state index contributed by atoms with van der Waals surface area (Å²) in [4.78, 5) is 0. The molecule has 1 aromatic heterocycles. The van der Waals surface area contributed by atoms with E-state index in [9.17, 15) is 5.11 Å². The van der Waals surface area contributed by atoms with Gasteiger partial charge in [0.05, 0.1) is 28.1 Å². The van der Waals surface area contributed by atoms with E-state index in [1.165, 1.54) is 0 Å². The molecule has 1 aliphatic rings. The zero-order chi connectivity index (χ0) is 13.3. The maximum absolute atomic E-state index is 10.7. The second kappa shape index (κ2) is 5.31. The van der Waals surface area contributed by atoms with Gasteiger partial charge in [0.15, 0.2) is 0 Å². The SMILES string of the molecule is CCc1nn(C)c(CC(O)(COC)C2CC2)c1Br. The maximum Gasteiger partial charge on any atom is 0.0963 e. The second-order valence-electron chi connectivity index (χ2n) is 5.17. The molecule has 1 unspecified atom stereocenters. The third-order valence-electron chi connectivity index (χ3n) is 3.71. The molecular formula is C13H21BrN2O2. The van der Waals surface area contributed by atoms with Crippen molar-refractivity contribution in [2.75, 3.05) is 13.7 Å². The lowest BCUT2D eigenvalue weighted by Gasteiger charge is -2.27. The number of hydrogen-bond donors (Lipinski definition) is 1. The van der Waals surface area contributed by atoms with E-state index in [0.717, 1.165) is 35.1 Å². The average Bonchev–Trinajstić information content (AvgIpc) is 3.13. The van der Waals surface area contributed by atoms with Crippen LogP contribution in [0.4, 0.5) is 0 Å². The van der Waals surface area contributed by atoms with Crippen LogP contribution >= 0.6 is 15.9 Å². The normalized spacial score (nSPS) is 18.9. The number of ether oxygens (including phenoxy) is 1. The fraction of sp³-hybridized carbons (Fsp3) is 0.769. The Labute approximate surface area is 116 Å². The molecule has 0 saturated heterocycles. The maximum atomic E-state index is 10.7. The van der Waals surface area contributed by atoms with Gasteiger partial charge in [0.25, 0.3) is 0 Å². The highest BCUT2D eigenvalue weighted by atomic mass is 79.9. The molecule has 4 nitrogen and oxygen atoms in total. The zero-order valence-corrected chi connectivity index (χ0v) is 12.8. The van der Waals surface area contributed by atoms with E-state index in [0.29, 0.717) is 18.9 Å². The van der Waals surface area contributed by atoms with Crippen LogP contribution in [0.1, 0.15) is 31.2 Å². The quantitative estimate of drug-likeness (QED) is 0.874. The molecule has 0 aromatic carbocycles. The standard InChI is InChI=1S/C13H21BrN2O2/c1-4-10-12(14)11(16(2)15-10)7-13(17,8-18-3)9-5-6-9/h9,17H,4-8H2,1-3H3. The summed E-state index contributed by atoms with van der Waals surface area (Å²) in [5, 5.41) is 15.2. The Kier molecular flexibility index (Phi) is 4.14. The largest absolute Gasteiger partial charge is 0.387 e. The molecule has 1 fully saturated rings. The van der Waals surface area contributed by atoms with Crippen LogP contribution < -0.4 is 0 Å². The van der Waals surface area contributed by atoms with Crippen molar-refractivity contribution in [3.8, 4) is 0 Å². The number of aryl methyl sites for hydroxylation is 2. The molecule has 1 atom stereocenters. The zero-order valence-electron chi connectivity index (χ0n) is 11.2. The van der Waals surface area contributed by atoms with E-state index in [-0.39, 0.29) is 0 Å². The topological polar surface area (TPSA) is 47.3 Å². The van der Waals surface area contributed by atoms with Gasteiger partial charge < -0.3 is 9.84 Å². The van der Waals surface area contributed by atoms with Gasteiger partial charge in [-0.1, -0.05) is 6.92 Å². The first kappa shape index (κ1) is 14.0. The minimum Gasteiger partial charge on any atom is -0.387 e. The predicted molar refractivity (Wildman–Crippen MR) is 73.5 cm³/mol. The Bertz CT molecular complexity index is 429. The minimum absolute atomic E-state index is 0.365. The van der Waals surface area contributed by atoms with Gasteiger partial charge in [0.2, 0.25) is 0 Å². The summed E-state index contributed by atoms with van der Waals surface area (Å²) in [5.41, 5.74) is 1.34. The Morgan fingerprint density at radius 1 is 1.56 bits per heavy atom. The fourth-order valence-electron chi connectivity index (χ4n) is 2.49. The first-order chi connectivity index (χ1) is 8.51. The van der Waals surface area contributed by atoms with E-state index in [1.807, 2.05) is 11.7 Å². The van der Waals surface area contributed by atoms with Crippen LogP contribution in [0.2, 0.25) is 0 Å². The molecule has 1 aliphatic carbocycles. The summed E-state index contributed by atoms with van der Waals surface area (Å²) in [6, 6.07) is 0. The third kappa shape index (κ3) is 2.63. The molecular weight excluding hydrogens is 296 g/mol. The molecule has 102 valence electrons. The predicted octanol–water partition coefficient (Wildman–Crippen LogP) is 2.08. The Hall–Kier alpha value is -0.390. The van der Waals surface area contributed by atoms with Crippen LogP contribution in [0, 0.1) is 5.92 Å². The summed E-state index contributed by atoms with van der Waals surface area (Å²) in [5.74, 6) is 0.365. The molecule has 18 heavy (non-hydrogen) atoms. The van der Waals surface area contributed by atoms with Crippen molar-refractivity contribution < 1.29 is 9.84 Å². The van der Waals surface area contributed by atoms with Crippen molar-refractivity contribution in [3.63, 3.8) is 0 Å². The highest BCUT2D eigenvalue weighted by Gasteiger charge is 2.44. The van der Waals surface area contributed by atoms with Gasteiger partial charge >= 0.3 is 0 Å². The van der Waals surface area contributed by atoms with Gasteiger partial charge in [-0.15, -0.1) is 0 Å². The van der Waals surface area contributed by atoms with Crippen molar-refractivity contribution in [1.29, 1.82) is 0 Å². The lowest BCUT2D eigenvalue weighted by molar-refractivity contribution is -0.0486. The molecule has 5 heteroatoms. The van der Waals surface area contributed by atoms with E-state index >= 15 is 0 Å². The number of nitrogens with zero attached hydrogens (tertiary/aromatic N) is 2.